The van der Waals surface area contributed by atoms with Crippen LogP contribution in [0, 0.1) is 0 Å². The van der Waals surface area contributed by atoms with Gasteiger partial charge >= 0.3 is 5.63 Å². The number of rotatable bonds is 3. The van der Waals surface area contributed by atoms with E-state index in [1.54, 1.807) is 29.2 Å². The van der Waals surface area contributed by atoms with E-state index in [2.05, 4.69) is 0 Å². The molecular formula is C17H19NO5. The van der Waals surface area contributed by atoms with Gasteiger partial charge in [0.25, 0.3) is 5.91 Å². The molecule has 1 saturated heterocycles. The van der Waals surface area contributed by atoms with Gasteiger partial charge in [-0.25, -0.2) is 4.79 Å². The first-order valence-corrected chi connectivity index (χ1v) is 7.61. The molecule has 0 bridgehead atoms. The summed E-state index contributed by atoms with van der Waals surface area (Å²) in [6.45, 7) is 4.94. The molecule has 2 unspecified atom stereocenters. The summed E-state index contributed by atoms with van der Waals surface area (Å²) in [4.78, 5) is 25.3. The third kappa shape index (κ3) is 3.53. The minimum atomic E-state index is -0.415. The van der Waals surface area contributed by atoms with Crippen LogP contribution in [0.5, 0.6) is 5.75 Å². The highest BCUT2D eigenvalue weighted by Gasteiger charge is 2.27. The van der Waals surface area contributed by atoms with Gasteiger partial charge in [-0.1, -0.05) is 0 Å². The monoisotopic (exact) mass is 317 g/mol. The molecule has 2 atom stereocenters. The van der Waals surface area contributed by atoms with Crippen molar-refractivity contribution in [3.63, 3.8) is 0 Å². The molecule has 122 valence electrons. The first-order chi connectivity index (χ1) is 11.0. The molecule has 2 aromatic rings. The zero-order chi connectivity index (χ0) is 16.4. The molecule has 0 spiro atoms. The normalized spacial score (nSPS) is 21.4. The fourth-order valence-corrected chi connectivity index (χ4v) is 2.61. The van der Waals surface area contributed by atoms with Gasteiger partial charge < -0.3 is 18.8 Å². The van der Waals surface area contributed by atoms with Gasteiger partial charge in [0.05, 0.1) is 18.8 Å². The molecule has 1 aliphatic heterocycles. The Morgan fingerprint density at radius 1 is 1.30 bits per heavy atom. The predicted octanol–water partition coefficient (Wildman–Crippen LogP) is 1.81. The van der Waals surface area contributed by atoms with Crippen molar-refractivity contribution in [3.05, 3.63) is 40.8 Å². The maximum atomic E-state index is 12.3. The summed E-state index contributed by atoms with van der Waals surface area (Å²) in [5.41, 5.74) is 0.0256. The summed E-state index contributed by atoms with van der Waals surface area (Å²) < 4.78 is 16.2. The van der Waals surface area contributed by atoms with Gasteiger partial charge in [0.1, 0.15) is 11.3 Å². The van der Waals surface area contributed by atoms with Crippen LogP contribution in [0.15, 0.2) is 39.5 Å². The molecule has 1 fully saturated rings. The second-order valence-corrected chi connectivity index (χ2v) is 5.78. The molecule has 6 nitrogen and oxygen atoms in total. The summed E-state index contributed by atoms with van der Waals surface area (Å²) in [6.07, 6.45) is 0.0325. The lowest BCUT2D eigenvalue weighted by Gasteiger charge is -2.36. The van der Waals surface area contributed by atoms with Crippen LogP contribution in [-0.2, 0) is 9.53 Å². The average Bonchev–Trinajstić information content (AvgIpc) is 2.54. The Labute approximate surface area is 133 Å². The summed E-state index contributed by atoms with van der Waals surface area (Å²) in [5, 5.41) is 0.805. The highest BCUT2D eigenvalue weighted by atomic mass is 16.5. The first-order valence-electron chi connectivity index (χ1n) is 7.61. The van der Waals surface area contributed by atoms with Gasteiger partial charge in [0, 0.05) is 24.1 Å². The Bertz CT molecular complexity index is 769. The van der Waals surface area contributed by atoms with Crippen molar-refractivity contribution in [2.75, 3.05) is 19.8 Å². The summed E-state index contributed by atoms with van der Waals surface area (Å²) in [6, 6.07) is 8.26. The van der Waals surface area contributed by atoms with Crippen molar-refractivity contribution in [1.29, 1.82) is 0 Å². The van der Waals surface area contributed by atoms with Crippen LogP contribution in [0.2, 0.25) is 0 Å². The first kappa shape index (κ1) is 15.6. The number of fused-ring (bicyclic) bond motifs is 1. The van der Waals surface area contributed by atoms with Crippen molar-refractivity contribution in [2.24, 2.45) is 0 Å². The number of ether oxygens (including phenoxy) is 2. The summed E-state index contributed by atoms with van der Waals surface area (Å²) in [5.74, 6) is 0.413. The highest BCUT2D eigenvalue weighted by molar-refractivity contribution is 5.79. The maximum Gasteiger partial charge on any atom is 0.336 e. The molecule has 1 aromatic heterocycles. The molecule has 0 N–H and O–H groups in total. The number of benzene rings is 1. The van der Waals surface area contributed by atoms with Gasteiger partial charge in [0.2, 0.25) is 0 Å². The number of morpholine rings is 1. The molecule has 0 saturated carbocycles. The fourth-order valence-electron chi connectivity index (χ4n) is 2.61. The van der Waals surface area contributed by atoms with Crippen LogP contribution in [-0.4, -0.2) is 42.7 Å². The lowest BCUT2D eigenvalue weighted by Crippen LogP contribution is -2.51. The number of nitrogens with zero attached hydrogens (tertiary/aromatic N) is 1. The van der Waals surface area contributed by atoms with Gasteiger partial charge in [-0.2, -0.15) is 0 Å². The van der Waals surface area contributed by atoms with E-state index in [0.717, 1.165) is 5.39 Å². The molecule has 1 amide bonds. The van der Waals surface area contributed by atoms with Crippen LogP contribution in [0.4, 0.5) is 0 Å². The van der Waals surface area contributed by atoms with E-state index in [0.29, 0.717) is 24.5 Å². The topological polar surface area (TPSA) is 69.0 Å². The van der Waals surface area contributed by atoms with Crippen LogP contribution >= 0.6 is 0 Å². The quantitative estimate of drug-likeness (QED) is 0.808. The molecule has 1 aliphatic rings. The number of carbonyl (C=O) groups excluding carboxylic acids is 1. The predicted molar refractivity (Wildman–Crippen MR) is 84.6 cm³/mol. The Morgan fingerprint density at radius 3 is 2.91 bits per heavy atom. The summed E-state index contributed by atoms with van der Waals surface area (Å²) >= 11 is 0. The zero-order valence-electron chi connectivity index (χ0n) is 13.2. The lowest BCUT2D eigenvalue weighted by atomic mass is 10.2. The van der Waals surface area contributed by atoms with Gasteiger partial charge in [-0.05, 0) is 32.0 Å². The van der Waals surface area contributed by atoms with Crippen molar-refractivity contribution < 1.29 is 18.7 Å². The van der Waals surface area contributed by atoms with E-state index in [9.17, 15) is 9.59 Å². The lowest BCUT2D eigenvalue weighted by molar-refractivity contribution is -0.145. The van der Waals surface area contributed by atoms with Gasteiger partial charge in [0.15, 0.2) is 6.61 Å². The van der Waals surface area contributed by atoms with Crippen LogP contribution in [0.3, 0.4) is 0 Å². The minimum Gasteiger partial charge on any atom is -0.484 e. The molecule has 3 rings (SSSR count). The molecule has 1 aromatic carbocycles. The van der Waals surface area contributed by atoms with E-state index >= 15 is 0 Å². The molecule has 0 radical (unpaired) electrons. The van der Waals surface area contributed by atoms with E-state index < -0.39 is 5.63 Å². The van der Waals surface area contributed by atoms with Crippen LogP contribution in [0.25, 0.3) is 11.0 Å². The third-order valence-electron chi connectivity index (χ3n) is 3.89. The standard InChI is InChI=1S/C17H19NO5/c1-11-9-21-12(2)8-18(11)16(19)10-22-14-5-3-13-4-6-17(20)23-15(13)7-14/h3-7,11-12H,8-10H2,1-2H3. The third-order valence-corrected chi connectivity index (χ3v) is 3.89. The largest absolute Gasteiger partial charge is 0.484 e. The van der Waals surface area contributed by atoms with Gasteiger partial charge in [-0.15, -0.1) is 0 Å². The second kappa shape index (κ2) is 6.42. The number of amides is 1. The van der Waals surface area contributed by atoms with Crippen molar-refractivity contribution in [2.45, 2.75) is 26.0 Å². The summed E-state index contributed by atoms with van der Waals surface area (Å²) in [7, 11) is 0. The van der Waals surface area contributed by atoms with E-state index in [1.165, 1.54) is 6.07 Å². The number of carbonyl (C=O) groups is 1. The molecule has 6 heteroatoms. The van der Waals surface area contributed by atoms with Crippen LogP contribution < -0.4 is 10.4 Å². The molecule has 2 heterocycles. The molecule has 23 heavy (non-hydrogen) atoms. The Morgan fingerprint density at radius 2 is 2.09 bits per heavy atom. The van der Waals surface area contributed by atoms with Crippen molar-refractivity contribution >= 4 is 16.9 Å². The molecule has 0 aliphatic carbocycles. The molecular weight excluding hydrogens is 298 g/mol. The smallest absolute Gasteiger partial charge is 0.336 e. The zero-order valence-corrected chi connectivity index (χ0v) is 13.2. The fraction of sp³-hybridized carbons (Fsp3) is 0.412. The highest BCUT2D eigenvalue weighted by Crippen LogP contribution is 2.20. The Balaban J connectivity index is 1.67. The van der Waals surface area contributed by atoms with E-state index in [-0.39, 0.29) is 24.7 Å². The number of hydrogen-bond donors (Lipinski definition) is 0. The van der Waals surface area contributed by atoms with E-state index in [1.807, 2.05) is 13.8 Å². The van der Waals surface area contributed by atoms with Crippen LogP contribution in [0.1, 0.15) is 13.8 Å². The minimum absolute atomic E-state index is 0.0325. The Kier molecular flexibility index (Phi) is 4.34. The maximum absolute atomic E-state index is 12.3. The van der Waals surface area contributed by atoms with Gasteiger partial charge in [-0.3, -0.25) is 4.79 Å². The average molecular weight is 317 g/mol. The number of hydrogen-bond acceptors (Lipinski definition) is 5. The SMILES string of the molecule is CC1CN(C(=O)COc2ccc3ccc(=O)oc3c2)C(C)CO1. The Hall–Kier alpha value is -2.34. The van der Waals surface area contributed by atoms with Crippen molar-refractivity contribution in [1.82, 2.24) is 4.90 Å². The van der Waals surface area contributed by atoms with Crippen molar-refractivity contribution in [3.8, 4) is 5.75 Å². The van der Waals surface area contributed by atoms with E-state index in [4.69, 9.17) is 13.9 Å². The second-order valence-electron chi connectivity index (χ2n) is 5.78.